The van der Waals surface area contributed by atoms with Crippen molar-refractivity contribution in [3.63, 3.8) is 0 Å². The van der Waals surface area contributed by atoms with E-state index in [1.54, 1.807) is 11.8 Å². The second-order valence-electron chi connectivity index (χ2n) is 6.48. The third-order valence-electron chi connectivity index (χ3n) is 4.93. The first-order chi connectivity index (χ1) is 10.2. The van der Waals surface area contributed by atoms with Crippen LogP contribution >= 0.6 is 0 Å². The van der Waals surface area contributed by atoms with E-state index in [9.17, 15) is 9.18 Å². The maximum atomic E-state index is 14.3. The van der Waals surface area contributed by atoms with Crippen LogP contribution in [0.2, 0.25) is 0 Å². The Bertz CT molecular complexity index is 428. The van der Waals surface area contributed by atoms with Gasteiger partial charge in [-0.1, -0.05) is 0 Å². The van der Waals surface area contributed by atoms with Crippen molar-refractivity contribution in [2.24, 2.45) is 5.92 Å². The van der Waals surface area contributed by atoms with Gasteiger partial charge >= 0.3 is 0 Å². The van der Waals surface area contributed by atoms with Crippen LogP contribution in [-0.4, -0.2) is 61.1 Å². The highest BCUT2D eigenvalue weighted by atomic mass is 19.1. The molecule has 3 fully saturated rings. The third kappa shape index (κ3) is 3.46. The van der Waals surface area contributed by atoms with E-state index in [1.807, 2.05) is 0 Å². The first-order valence-electron chi connectivity index (χ1n) is 8.14. The van der Waals surface area contributed by atoms with Crippen LogP contribution in [0.5, 0.6) is 0 Å². The van der Waals surface area contributed by atoms with Crippen molar-refractivity contribution < 1.29 is 13.9 Å². The Labute approximate surface area is 125 Å². The van der Waals surface area contributed by atoms with E-state index in [2.05, 4.69) is 4.90 Å². The maximum Gasteiger partial charge on any atom is 0.282 e. The van der Waals surface area contributed by atoms with E-state index in [0.29, 0.717) is 18.0 Å². The number of nitrogens with zero attached hydrogens (tertiary/aromatic N) is 2. The number of allylic oxidation sites excluding steroid dienone is 1. The zero-order chi connectivity index (χ0) is 14.8. The molecule has 3 rings (SSSR count). The molecule has 1 atom stereocenters. The third-order valence-corrected chi connectivity index (χ3v) is 4.93. The van der Waals surface area contributed by atoms with Gasteiger partial charge in [-0.2, -0.15) is 0 Å². The van der Waals surface area contributed by atoms with Gasteiger partial charge < -0.3 is 9.64 Å². The fourth-order valence-electron chi connectivity index (χ4n) is 3.36. The predicted molar refractivity (Wildman–Crippen MR) is 78.5 cm³/mol. The average Bonchev–Trinajstić information content (AvgIpc) is 3.26. The van der Waals surface area contributed by atoms with Crippen LogP contribution in [0.3, 0.4) is 0 Å². The summed E-state index contributed by atoms with van der Waals surface area (Å²) in [5.74, 6) is -0.559. The first-order valence-corrected chi connectivity index (χ1v) is 8.14. The van der Waals surface area contributed by atoms with Crippen molar-refractivity contribution in [2.75, 3.05) is 39.4 Å². The van der Waals surface area contributed by atoms with E-state index < -0.39 is 5.83 Å². The summed E-state index contributed by atoms with van der Waals surface area (Å²) in [6, 6.07) is 0.161. The minimum atomic E-state index is -0.494. The van der Waals surface area contributed by atoms with Crippen molar-refractivity contribution in [1.82, 2.24) is 9.80 Å². The number of halogens is 1. The molecule has 0 N–H and O–H groups in total. The molecule has 0 aromatic rings. The number of carbonyl (C=O) groups excluding carboxylic acids is 1. The number of hydrogen-bond donors (Lipinski definition) is 0. The first kappa shape index (κ1) is 15.0. The zero-order valence-electron chi connectivity index (χ0n) is 12.8. The molecule has 2 heterocycles. The monoisotopic (exact) mass is 296 g/mol. The lowest BCUT2D eigenvalue weighted by molar-refractivity contribution is -0.130. The summed E-state index contributed by atoms with van der Waals surface area (Å²) in [5, 5.41) is 0. The zero-order valence-corrected chi connectivity index (χ0v) is 12.8. The van der Waals surface area contributed by atoms with Gasteiger partial charge in [0.15, 0.2) is 5.83 Å². The number of amides is 1. The molecule has 4 nitrogen and oxygen atoms in total. The summed E-state index contributed by atoms with van der Waals surface area (Å²) in [6.45, 7) is 6.67. The van der Waals surface area contributed by atoms with Crippen LogP contribution in [0.25, 0.3) is 0 Å². The van der Waals surface area contributed by atoms with Gasteiger partial charge in [0.05, 0.1) is 13.2 Å². The standard InChI is InChI=1S/C16H25FN2O2/c1-12(13-4-5-13)15(17)16(20)19-6-2-3-14(19)11-18-7-9-21-10-8-18/h13-14H,2-11H2,1H3/b15-12-/t14-/m1/s1. The molecule has 1 amide bonds. The topological polar surface area (TPSA) is 32.8 Å². The van der Waals surface area contributed by atoms with E-state index in [1.165, 1.54) is 0 Å². The number of ether oxygens (including phenoxy) is 1. The molecule has 0 unspecified atom stereocenters. The highest BCUT2D eigenvalue weighted by Crippen LogP contribution is 2.38. The molecule has 118 valence electrons. The van der Waals surface area contributed by atoms with Crippen LogP contribution in [0.15, 0.2) is 11.4 Å². The summed E-state index contributed by atoms with van der Waals surface area (Å²) < 4.78 is 19.7. The van der Waals surface area contributed by atoms with E-state index in [4.69, 9.17) is 4.74 Å². The molecule has 5 heteroatoms. The smallest absolute Gasteiger partial charge is 0.282 e. The molecular formula is C16H25FN2O2. The van der Waals surface area contributed by atoms with E-state index >= 15 is 0 Å². The molecular weight excluding hydrogens is 271 g/mol. The van der Waals surface area contributed by atoms with Gasteiger partial charge in [0.2, 0.25) is 0 Å². The number of morpholine rings is 1. The summed E-state index contributed by atoms with van der Waals surface area (Å²) in [6.07, 6.45) is 4.03. The number of likely N-dealkylation sites (tertiary alicyclic amines) is 1. The van der Waals surface area contributed by atoms with Crippen LogP contribution in [0, 0.1) is 5.92 Å². The number of carbonyl (C=O) groups is 1. The Morgan fingerprint density at radius 1 is 1.19 bits per heavy atom. The van der Waals surface area contributed by atoms with Crippen LogP contribution < -0.4 is 0 Å². The Balaban J connectivity index is 1.62. The molecule has 3 aliphatic rings. The average molecular weight is 296 g/mol. The molecule has 2 saturated heterocycles. The molecule has 1 aliphatic carbocycles. The Morgan fingerprint density at radius 3 is 2.57 bits per heavy atom. The maximum absolute atomic E-state index is 14.3. The summed E-state index contributed by atoms with van der Waals surface area (Å²) in [7, 11) is 0. The van der Waals surface area contributed by atoms with Crippen LogP contribution in [0.1, 0.15) is 32.6 Å². The van der Waals surface area contributed by atoms with Crippen molar-refractivity contribution in [1.29, 1.82) is 0 Å². The lowest BCUT2D eigenvalue weighted by Gasteiger charge is -2.32. The van der Waals surface area contributed by atoms with E-state index in [-0.39, 0.29) is 11.9 Å². The van der Waals surface area contributed by atoms with Crippen LogP contribution in [0.4, 0.5) is 4.39 Å². The molecule has 21 heavy (non-hydrogen) atoms. The second-order valence-corrected chi connectivity index (χ2v) is 6.48. The van der Waals surface area contributed by atoms with Crippen molar-refractivity contribution >= 4 is 5.91 Å². The van der Waals surface area contributed by atoms with Crippen molar-refractivity contribution in [3.05, 3.63) is 11.4 Å². The number of hydrogen-bond acceptors (Lipinski definition) is 3. The van der Waals surface area contributed by atoms with Gasteiger partial charge in [0.25, 0.3) is 5.91 Å². The highest BCUT2D eigenvalue weighted by Gasteiger charge is 2.35. The fourth-order valence-corrected chi connectivity index (χ4v) is 3.36. The van der Waals surface area contributed by atoms with Crippen molar-refractivity contribution in [2.45, 2.75) is 38.6 Å². The minimum Gasteiger partial charge on any atom is -0.379 e. The van der Waals surface area contributed by atoms with E-state index in [0.717, 1.165) is 58.5 Å². The van der Waals surface area contributed by atoms with Crippen molar-refractivity contribution in [3.8, 4) is 0 Å². The Kier molecular flexibility index (Phi) is 4.60. The quantitative estimate of drug-likeness (QED) is 0.744. The molecule has 2 aliphatic heterocycles. The summed E-state index contributed by atoms with van der Waals surface area (Å²) in [4.78, 5) is 16.5. The Morgan fingerprint density at radius 2 is 1.90 bits per heavy atom. The highest BCUT2D eigenvalue weighted by molar-refractivity contribution is 5.92. The van der Waals surface area contributed by atoms with Gasteiger partial charge in [-0.05, 0) is 44.1 Å². The molecule has 0 bridgehead atoms. The SMILES string of the molecule is C/C(=C(/F)C(=O)N1CCC[C@@H]1CN1CCOCC1)C1CC1. The molecule has 1 saturated carbocycles. The molecule has 0 radical (unpaired) electrons. The molecule has 0 aromatic heterocycles. The fraction of sp³-hybridized carbons (Fsp3) is 0.812. The minimum absolute atomic E-state index is 0.161. The van der Waals surface area contributed by atoms with Gasteiger partial charge in [-0.15, -0.1) is 0 Å². The summed E-state index contributed by atoms with van der Waals surface area (Å²) in [5.41, 5.74) is 0.664. The summed E-state index contributed by atoms with van der Waals surface area (Å²) >= 11 is 0. The predicted octanol–water partition coefficient (Wildman–Crippen LogP) is 1.96. The molecule has 0 aromatic carbocycles. The lowest BCUT2D eigenvalue weighted by atomic mass is 10.1. The van der Waals surface area contributed by atoms with Gasteiger partial charge in [-0.3, -0.25) is 9.69 Å². The van der Waals surface area contributed by atoms with Gasteiger partial charge in [0.1, 0.15) is 0 Å². The van der Waals surface area contributed by atoms with Gasteiger partial charge in [-0.25, -0.2) is 4.39 Å². The Hall–Kier alpha value is -0.940. The molecule has 0 spiro atoms. The normalized spacial score (nSPS) is 28.7. The van der Waals surface area contributed by atoms with Crippen LogP contribution in [-0.2, 0) is 9.53 Å². The van der Waals surface area contributed by atoms with Gasteiger partial charge in [0, 0.05) is 32.2 Å². The lowest BCUT2D eigenvalue weighted by Crippen LogP contribution is -2.47. The second kappa shape index (κ2) is 6.44. The number of rotatable bonds is 4. The largest absolute Gasteiger partial charge is 0.379 e.